The van der Waals surface area contributed by atoms with Gasteiger partial charge in [0, 0.05) is 18.4 Å². The first-order valence-electron chi connectivity index (χ1n) is 8.44. The molecule has 0 saturated carbocycles. The maximum absolute atomic E-state index is 12.3. The molecule has 1 N–H and O–H groups in total. The van der Waals surface area contributed by atoms with Gasteiger partial charge >= 0.3 is 0 Å². The van der Waals surface area contributed by atoms with E-state index in [1.54, 1.807) is 0 Å². The average Bonchev–Trinajstić information content (AvgIpc) is 3.26. The highest BCUT2D eigenvalue weighted by molar-refractivity contribution is 5.77. The number of aromatic amines is 1. The zero-order valence-corrected chi connectivity index (χ0v) is 13.7. The van der Waals surface area contributed by atoms with Gasteiger partial charge in [-0.1, -0.05) is 12.1 Å². The number of nitrogens with one attached hydrogen (secondary N) is 1. The van der Waals surface area contributed by atoms with Crippen molar-refractivity contribution >= 4 is 10.9 Å². The Morgan fingerprint density at radius 2 is 2.21 bits per heavy atom. The third-order valence-electron chi connectivity index (χ3n) is 4.90. The lowest BCUT2D eigenvalue weighted by Gasteiger charge is -2.30. The van der Waals surface area contributed by atoms with Crippen LogP contribution < -0.4 is 5.56 Å². The zero-order valence-electron chi connectivity index (χ0n) is 13.7. The lowest BCUT2D eigenvalue weighted by Crippen LogP contribution is -2.36. The van der Waals surface area contributed by atoms with Crippen molar-refractivity contribution in [2.75, 3.05) is 6.54 Å². The SMILES string of the molecule is C[C@H](c1nc2ccccc2c(=O)[nH]1)N1CCC[C@@H]1Cn1cccn1. The Morgan fingerprint density at radius 1 is 1.33 bits per heavy atom. The molecule has 3 aromatic rings. The van der Waals surface area contributed by atoms with Gasteiger partial charge in [-0.3, -0.25) is 14.4 Å². The fraction of sp³-hybridized carbons (Fsp3) is 0.389. The van der Waals surface area contributed by atoms with E-state index in [-0.39, 0.29) is 11.6 Å². The summed E-state index contributed by atoms with van der Waals surface area (Å²) >= 11 is 0. The van der Waals surface area contributed by atoms with Crippen molar-refractivity contribution in [1.29, 1.82) is 0 Å². The van der Waals surface area contributed by atoms with Gasteiger partial charge in [-0.2, -0.15) is 5.10 Å². The molecule has 24 heavy (non-hydrogen) atoms. The lowest BCUT2D eigenvalue weighted by atomic mass is 10.1. The minimum Gasteiger partial charge on any atom is -0.309 e. The number of likely N-dealkylation sites (tertiary alicyclic amines) is 1. The summed E-state index contributed by atoms with van der Waals surface area (Å²) in [6, 6.07) is 9.92. The molecular weight excluding hydrogens is 302 g/mol. The van der Waals surface area contributed by atoms with Crippen molar-refractivity contribution < 1.29 is 0 Å². The molecule has 2 atom stereocenters. The van der Waals surface area contributed by atoms with Crippen LogP contribution in [0.5, 0.6) is 0 Å². The molecule has 1 aliphatic heterocycles. The van der Waals surface area contributed by atoms with Crippen LogP contribution in [-0.2, 0) is 6.54 Å². The Balaban J connectivity index is 1.62. The number of rotatable bonds is 4. The Morgan fingerprint density at radius 3 is 3.04 bits per heavy atom. The topological polar surface area (TPSA) is 66.8 Å². The molecule has 0 unspecified atom stereocenters. The highest BCUT2D eigenvalue weighted by atomic mass is 16.1. The van der Waals surface area contributed by atoms with Crippen molar-refractivity contribution in [3.8, 4) is 0 Å². The van der Waals surface area contributed by atoms with Crippen LogP contribution in [-0.4, -0.2) is 37.2 Å². The Bertz CT molecular complexity index is 886. The highest BCUT2D eigenvalue weighted by Crippen LogP contribution is 2.28. The second-order valence-corrected chi connectivity index (χ2v) is 6.41. The van der Waals surface area contributed by atoms with Crippen molar-refractivity contribution in [3.05, 3.63) is 58.9 Å². The first-order chi connectivity index (χ1) is 11.7. The number of fused-ring (bicyclic) bond motifs is 1. The number of hydrogen-bond donors (Lipinski definition) is 1. The zero-order chi connectivity index (χ0) is 16.5. The monoisotopic (exact) mass is 323 g/mol. The van der Waals surface area contributed by atoms with Gasteiger partial charge in [0.25, 0.3) is 5.56 Å². The Hall–Kier alpha value is -2.47. The summed E-state index contributed by atoms with van der Waals surface area (Å²) < 4.78 is 1.98. The fourth-order valence-electron chi connectivity index (χ4n) is 3.65. The van der Waals surface area contributed by atoms with Crippen LogP contribution >= 0.6 is 0 Å². The molecule has 4 rings (SSSR count). The summed E-state index contributed by atoms with van der Waals surface area (Å²) in [4.78, 5) is 22.4. The quantitative estimate of drug-likeness (QED) is 0.800. The maximum atomic E-state index is 12.3. The number of H-pyrrole nitrogens is 1. The lowest BCUT2D eigenvalue weighted by molar-refractivity contribution is 0.167. The standard InChI is InChI=1S/C18H21N5O/c1-13(17-20-16-8-3-2-7-15(16)18(24)21-17)23-11-4-6-14(23)12-22-10-5-9-19-22/h2-3,5,7-10,13-14H,4,6,11-12H2,1H3,(H,20,21,24)/t13-,14-/m1/s1. The highest BCUT2D eigenvalue weighted by Gasteiger charge is 2.30. The second-order valence-electron chi connectivity index (χ2n) is 6.41. The molecule has 6 nitrogen and oxygen atoms in total. The van der Waals surface area contributed by atoms with Crippen LogP contribution in [0.25, 0.3) is 10.9 Å². The van der Waals surface area contributed by atoms with E-state index in [0.29, 0.717) is 11.4 Å². The molecule has 3 heterocycles. The van der Waals surface area contributed by atoms with E-state index in [0.717, 1.165) is 37.3 Å². The summed E-state index contributed by atoms with van der Waals surface area (Å²) in [5.74, 6) is 0.742. The van der Waals surface area contributed by atoms with Gasteiger partial charge in [0.15, 0.2) is 0 Å². The molecule has 6 heteroatoms. The third-order valence-corrected chi connectivity index (χ3v) is 4.90. The molecule has 1 fully saturated rings. The van der Waals surface area contributed by atoms with Crippen molar-refractivity contribution in [2.24, 2.45) is 0 Å². The number of para-hydroxylation sites is 1. The summed E-state index contributed by atoms with van der Waals surface area (Å²) in [7, 11) is 0. The molecule has 1 saturated heterocycles. The van der Waals surface area contributed by atoms with Gasteiger partial charge in [-0.25, -0.2) is 4.98 Å². The van der Waals surface area contributed by atoms with E-state index in [9.17, 15) is 4.79 Å². The van der Waals surface area contributed by atoms with Gasteiger partial charge in [-0.15, -0.1) is 0 Å². The van der Waals surface area contributed by atoms with Crippen molar-refractivity contribution in [2.45, 2.75) is 38.4 Å². The van der Waals surface area contributed by atoms with E-state index >= 15 is 0 Å². The smallest absolute Gasteiger partial charge is 0.258 e. The van der Waals surface area contributed by atoms with Crippen LogP contribution in [0.1, 0.15) is 31.6 Å². The van der Waals surface area contributed by atoms with E-state index in [1.165, 1.54) is 0 Å². The van der Waals surface area contributed by atoms with Crippen LogP contribution in [0.15, 0.2) is 47.5 Å². The molecule has 2 aromatic heterocycles. The number of aromatic nitrogens is 4. The van der Waals surface area contributed by atoms with E-state index in [4.69, 9.17) is 4.98 Å². The molecule has 0 radical (unpaired) electrons. The van der Waals surface area contributed by atoms with Crippen LogP contribution in [0.4, 0.5) is 0 Å². The van der Waals surface area contributed by atoms with Gasteiger partial charge < -0.3 is 4.98 Å². The first kappa shape index (κ1) is 15.1. The van der Waals surface area contributed by atoms with Crippen molar-refractivity contribution in [1.82, 2.24) is 24.6 Å². The van der Waals surface area contributed by atoms with Crippen molar-refractivity contribution in [3.63, 3.8) is 0 Å². The molecule has 1 aliphatic rings. The average molecular weight is 323 g/mol. The fourth-order valence-corrected chi connectivity index (χ4v) is 3.65. The Labute approximate surface area is 140 Å². The summed E-state index contributed by atoms with van der Waals surface area (Å²) in [5.41, 5.74) is 0.691. The maximum Gasteiger partial charge on any atom is 0.258 e. The van der Waals surface area contributed by atoms with Gasteiger partial charge in [0.2, 0.25) is 0 Å². The van der Waals surface area contributed by atoms with Crippen LogP contribution in [0.3, 0.4) is 0 Å². The molecule has 124 valence electrons. The Kier molecular flexibility index (Phi) is 3.90. The molecule has 0 bridgehead atoms. The predicted molar refractivity (Wildman–Crippen MR) is 92.7 cm³/mol. The first-order valence-corrected chi connectivity index (χ1v) is 8.44. The van der Waals surface area contributed by atoms with E-state index in [1.807, 2.05) is 47.4 Å². The molecule has 1 aromatic carbocycles. The predicted octanol–water partition coefficient (Wildman–Crippen LogP) is 2.35. The molecule has 0 spiro atoms. The number of hydrogen-bond acceptors (Lipinski definition) is 4. The van der Waals surface area contributed by atoms with Gasteiger partial charge in [0.05, 0.1) is 23.5 Å². The normalized spacial score (nSPS) is 19.8. The van der Waals surface area contributed by atoms with Crippen LogP contribution in [0, 0.1) is 0 Å². The van der Waals surface area contributed by atoms with Gasteiger partial charge in [-0.05, 0) is 44.5 Å². The minimum absolute atomic E-state index is 0.0646. The second kappa shape index (κ2) is 6.20. The summed E-state index contributed by atoms with van der Waals surface area (Å²) in [6.45, 7) is 4.01. The molecule has 0 aliphatic carbocycles. The van der Waals surface area contributed by atoms with Gasteiger partial charge in [0.1, 0.15) is 5.82 Å². The van der Waals surface area contributed by atoms with E-state index < -0.39 is 0 Å². The molecule has 0 amide bonds. The van der Waals surface area contributed by atoms with Crippen LogP contribution in [0.2, 0.25) is 0 Å². The number of benzene rings is 1. The number of nitrogens with zero attached hydrogens (tertiary/aromatic N) is 4. The third kappa shape index (κ3) is 2.73. The summed E-state index contributed by atoms with van der Waals surface area (Å²) in [5, 5.41) is 4.96. The minimum atomic E-state index is -0.0646. The molecular formula is C18H21N5O. The largest absolute Gasteiger partial charge is 0.309 e. The van der Waals surface area contributed by atoms with E-state index in [2.05, 4.69) is 21.9 Å². The summed E-state index contributed by atoms with van der Waals surface area (Å²) in [6.07, 6.45) is 6.11.